The van der Waals surface area contributed by atoms with Gasteiger partial charge in [0.1, 0.15) is 0 Å². The molecule has 2 nitrogen and oxygen atoms in total. The smallest absolute Gasteiger partial charge is 0.0666 e. The SMILES string of the molecule is NC[C@@H]1[C@@H]2CCO[C@@H]2C12CCC2. The third kappa shape index (κ3) is 0.612. The van der Waals surface area contributed by atoms with Crippen molar-refractivity contribution in [2.45, 2.75) is 31.8 Å². The second kappa shape index (κ2) is 2.24. The summed E-state index contributed by atoms with van der Waals surface area (Å²) in [6.45, 7) is 1.89. The lowest BCUT2D eigenvalue weighted by Gasteiger charge is -2.63. The van der Waals surface area contributed by atoms with E-state index in [1.54, 1.807) is 0 Å². The quantitative estimate of drug-likeness (QED) is 0.636. The number of rotatable bonds is 1. The van der Waals surface area contributed by atoms with E-state index in [9.17, 15) is 0 Å². The molecule has 2 aliphatic carbocycles. The molecule has 1 aliphatic heterocycles. The second-order valence-electron chi connectivity index (χ2n) is 4.67. The number of fused-ring (bicyclic) bond motifs is 2. The molecular weight excluding hydrogens is 150 g/mol. The molecule has 0 aromatic rings. The molecular formula is C10H17NO. The highest BCUT2D eigenvalue weighted by Gasteiger charge is 2.65. The molecule has 3 atom stereocenters. The third-order valence-corrected chi connectivity index (χ3v) is 4.50. The summed E-state index contributed by atoms with van der Waals surface area (Å²) in [6, 6.07) is 0. The lowest BCUT2D eigenvalue weighted by molar-refractivity contribution is -0.197. The van der Waals surface area contributed by atoms with Crippen LogP contribution in [0.25, 0.3) is 0 Å². The zero-order valence-electron chi connectivity index (χ0n) is 7.46. The van der Waals surface area contributed by atoms with E-state index in [-0.39, 0.29) is 0 Å². The Morgan fingerprint density at radius 2 is 2.25 bits per heavy atom. The van der Waals surface area contributed by atoms with E-state index >= 15 is 0 Å². The third-order valence-electron chi connectivity index (χ3n) is 4.50. The Balaban J connectivity index is 1.84. The minimum atomic E-state index is 0.565. The number of hydrogen-bond donors (Lipinski definition) is 1. The Bertz CT molecular complexity index is 200. The molecule has 2 N–H and O–H groups in total. The first-order valence-electron chi connectivity index (χ1n) is 5.20. The van der Waals surface area contributed by atoms with E-state index in [4.69, 9.17) is 10.5 Å². The number of ether oxygens (including phenoxy) is 1. The van der Waals surface area contributed by atoms with Crippen molar-refractivity contribution in [3.8, 4) is 0 Å². The molecule has 0 amide bonds. The van der Waals surface area contributed by atoms with E-state index in [2.05, 4.69) is 0 Å². The Morgan fingerprint density at radius 1 is 1.42 bits per heavy atom. The van der Waals surface area contributed by atoms with Crippen LogP contribution in [0.1, 0.15) is 25.7 Å². The minimum absolute atomic E-state index is 0.565. The fourth-order valence-corrected chi connectivity index (χ4v) is 3.78. The van der Waals surface area contributed by atoms with Gasteiger partial charge < -0.3 is 10.5 Å². The maximum Gasteiger partial charge on any atom is 0.0666 e. The fourth-order valence-electron chi connectivity index (χ4n) is 3.78. The van der Waals surface area contributed by atoms with Crippen molar-refractivity contribution in [1.82, 2.24) is 0 Å². The van der Waals surface area contributed by atoms with Crippen LogP contribution in [-0.4, -0.2) is 19.3 Å². The van der Waals surface area contributed by atoms with E-state index in [1.165, 1.54) is 25.7 Å². The minimum Gasteiger partial charge on any atom is -0.377 e. The molecule has 3 rings (SSSR count). The van der Waals surface area contributed by atoms with Crippen LogP contribution in [0, 0.1) is 17.3 Å². The van der Waals surface area contributed by atoms with Gasteiger partial charge in [0.25, 0.3) is 0 Å². The van der Waals surface area contributed by atoms with Gasteiger partial charge in [0.2, 0.25) is 0 Å². The van der Waals surface area contributed by atoms with E-state index in [0.717, 1.165) is 25.0 Å². The highest BCUT2D eigenvalue weighted by atomic mass is 16.5. The Hall–Kier alpha value is -0.0800. The van der Waals surface area contributed by atoms with Crippen LogP contribution in [0.15, 0.2) is 0 Å². The van der Waals surface area contributed by atoms with Crippen molar-refractivity contribution in [3.63, 3.8) is 0 Å². The molecule has 3 fully saturated rings. The maximum atomic E-state index is 5.82. The average molecular weight is 167 g/mol. The molecule has 1 heterocycles. The van der Waals surface area contributed by atoms with Crippen LogP contribution in [0.5, 0.6) is 0 Å². The molecule has 12 heavy (non-hydrogen) atoms. The van der Waals surface area contributed by atoms with Crippen molar-refractivity contribution in [1.29, 1.82) is 0 Å². The van der Waals surface area contributed by atoms with Gasteiger partial charge in [0, 0.05) is 12.0 Å². The first-order chi connectivity index (χ1) is 5.88. The molecule has 2 saturated carbocycles. The van der Waals surface area contributed by atoms with Crippen molar-refractivity contribution < 1.29 is 4.74 Å². The van der Waals surface area contributed by atoms with Gasteiger partial charge in [0.15, 0.2) is 0 Å². The lowest BCUT2D eigenvalue weighted by atomic mass is 9.43. The summed E-state index contributed by atoms with van der Waals surface area (Å²) in [5.74, 6) is 1.63. The maximum absolute atomic E-state index is 5.82. The van der Waals surface area contributed by atoms with Gasteiger partial charge in [-0.05, 0) is 37.6 Å². The molecule has 2 heteroatoms. The standard InChI is InChI=1S/C10H17NO/c11-6-8-7-2-5-12-9(7)10(8)3-1-4-10/h7-9H,1-6,11H2/t7-,8+,9-/m0/s1. The molecule has 1 saturated heterocycles. The number of hydrogen-bond acceptors (Lipinski definition) is 2. The van der Waals surface area contributed by atoms with Crippen LogP contribution in [0.4, 0.5) is 0 Å². The molecule has 0 bridgehead atoms. The highest BCUT2D eigenvalue weighted by molar-refractivity contribution is 5.14. The molecule has 0 aromatic heterocycles. The van der Waals surface area contributed by atoms with Crippen molar-refractivity contribution >= 4 is 0 Å². The van der Waals surface area contributed by atoms with Crippen LogP contribution in [0.2, 0.25) is 0 Å². The Morgan fingerprint density at radius 3 is 2.83 bits per heavy atom. The summed E-state index contributed by atoms with van der Waals surface area (Å²) in [6.07, 6.45) is 6.06. The molecule has 1 spiro atoms. The Labute approximate surface area is 73.5 Å². The first-order valence-corrected chi connectivity index (χ1v) is 5.20. The van der Waals surface area contributed by atoms with Crippen LogP contribution < -0.4 is 5.73 Å². The summed E-state index contributed by atoms with van der Waals surface area (Å²) < 4.78 is 5.79. The molecule has 3 aliphatic rings. The van der Waals surface area contributed by atoms with Gasteiger partial charge in [-0.2, -0.15) is 0 Å². The normalized spacial score (nSPS) is 48.2. The van der Waals surface area contributed by atoms with Gasteiger partial charge in [-0.1, -0.05) is 6.42 Å². The summed E-state index contributed by atoms with van der Waals surface area (Å²) in [5.41, 5.74) is 6.38. The summed E-state index contributed by atoms with van der Waals surface area (Å²) in [5, 5.41) is 0. The van der Waals surface area contributed by atoms with Crippen molar-refractivity contribution in [2.24, 2.45) is 23.0 Å². The van der Waals surface area contributed by atoms with Crippen LogP contribution >= 0.6 is 0 Å². The highest BCUT2D eigenvalue weighted by Crippen LogP contribution is 2.66. The molecule has 0 radical (unpaired) electrons. The van der Waals surface area contributed by atoms with Crippen LogP contribution in [0.3, 0.4) is 0 Å². The summed E-state index contributed by atoms with van der Waals surface area (Å²) in [7, 11) is 0. The van der Waals surface area contributed by atoms with Gasteiger partial charge in [0.05, 0.1) is 6.10 Å². The summed E-state index contributed by atoms with van der Waals surface area (Å²) in [4.78, 5) is 0. The van der Waals surface area contributed by atoms with Gasteiger partial charge in [-0.3, -0.25) is 0 Å². The average Bonchev–Trinajstić information content (AvgIpc) is 2.32. The lowest BCUT2D eigenvalue weighted by Crippen LogP contribution is -2.64. The van der Waals surface area contributed by atoms with Crippen molar-refractivity contribution in [3.05, 3.63) is 0 Å². The van der Waals surface area contributed by atoms with E-state index in [1.807, 2.05) is 0 Å². The topological polar surface area (TPSA) is 35.2 Å². The number of nitrogens with two attached hydrogens (primary N) is 1. The predicted molar refractivity (Wildman–Crippen MR) is 46.7 cm³/mol. The Kier molecular flexibility index (Phi) is 1.37. The van der Waals surface area contributed by atoms with Gasteiger partial charge >= 0.3 is 0 Å². The zero-order valence-corrected chi connectivity index (χ0v) is 7.46. The predicted octanol–water partition coefficient (Wildman–Crippen LogP) is 1.15. The van der Waals surface area contributed by atoms with Gasteiger partial charge in [-0.15, -0.1) is 0 Å². The van der Waals surface area contributed by atoms with E-state index in [0.29, 0.717) is 11.5 Å². The van der Waals surface area contributed by atoms with Crippen molar-refractivity contribution in [2.75, 3.05) is 13.2 Å². The largest absolute Gasteiger partial charge is 0.377 e. The molecule has 0 unspecified atom stereocenters. The van der Waals surface area contributed by atoms with Gasteiger partial charge in [-0.25, -0.2) is 0 Å². The molecule has 0 aromatic carbocycles. The zero-order chi connectivity index (χ0) is 8.18. The second-order valence-corrected chi connectivity index (χ2v) is 4.67. The van der Waals surface area contributed by atoms with E-state index < -0.39 is 0 Å². The van der Waals surface area contributed by atoms with Crippen LogP contribution in [-0.2, 0) is 4.74 Å². The monoisotopic (exact) mass is 167 g/mol. The molecule has 68 valence electrons. The first kappa shape index (κ1) is 7.34. The fraction of sp³-hybridized carbons (Fsp3) is 1.00. The summed E-state index contributed by atoms with van der Waals surface area (Å²) >= 11 is 0.